The molecule has 0 saturated heterocycles. The SMILES string of the molecule is NC(=O)c1sc(F)c2c1CCCC2. The number of fused-ring (bicyclic) bond motifs is 1. The van der Waals surface area contributed by atoms with Crippen molar-refractivity contribution >= 4 is 17.2 Å². The molecule has 70 valence electrons. The van der Waals surface area contributed by atoms with Gasteiger partial charge in [0.15, 0.2) is 5.13 Å². The van der Waals surface area contributed by atoms with Crippen LogP contribution in [-0.4, -0.2) is 5.91 Å². The zero-order valence-electron chi connectivity index (χ0n) is 7.10. The largest absolute Gasteiger partial charge is 0.365 e. The van der Waals surface area contributed by atoms with Crippen molar-refractivity contribution in [3.8, 4) is 0 Å². The van der Waals surface area contributed by atoms with E-state index in [1.807, 2.05) is 0 Å². The standard InChI is InChI=1S/C9H10FNOS/c10-8-6-4-2-1-3-5(6)7(13-8)9(11)12/h1-4H2,(H2,11,12). The van der Waals surface area contributed by atoms with Crippen molar-refractivity contribution in [3.05, 3.63) is 21.1 Å². The lowest BCUT2D eigenvalue weighted by atomic mass is 9.93. The highest BCUT2D eigenvalue weighted by molar-refractivity contribution is 7.12. The normalized spacial score (nSPS) is 15.5. The van der Waals surface area contributed by atoms with Crippen LogP contribution in [0.1, 0.15) is 33.6 Å². The van der Waals surface area contributed by atoms with Gasteiger partial charge >= 0.3 is 0 Å². The summed E-state index contributed by atoms with van der Waals surface area (Å²) in [4.78, 5) is 11.4. The van der Waals surface area contributed by atoms with Crippen LogP contribution in [0.4, 0.5) is 4.39 Å². The average Bonchev–Trinajstić information content (AvgIpc) is 2.45. The summed E-state index contributed by atoms with van der Waals surface area (Å²) in [5, 5.41) is -0.219. The third-order valence-electron chi connectivity index (χ3n) is 2.39. The summed E-state index contributed by atoms with van der Waals surface area (Å²) >= 11 is 0.897. The van der Waals surface area contributed by atoms with Crippen molar-refractivity contribution < 1.29 is 9.18 Å². The van der Waals surface area contributed by atoms with Crippen LogP contribution in [0.5, 0.6) is 0 Å². The van der Waals surface area contributed by atoms with Crippen LogP contribution in [0.2, 0.25) is 0 Å². The molecule has 0 bridgehead atoms. The average molecular weight is 199 g/mol. The Balaban J connectivity index is 2.53. The fraction of sp³-hybridized carbons (Fsp3) is 0.444. The van der Waals surface area contributed by atoms with Gasteiger partial charge in [0.25, 0.3) is 5.91 Å². The van der Waals surface area contributed by atoms with Gasteiger partial charge in [-0.25, -0.2) is 0 Å². The number of nitrogens with two attached hydrogens (primary N) is 1. The molecule has 1 aromatic rings. The number of hydrogen-bond acceptors (Lipinski definition) is 2. The van der Waals surface area contributed by atoms with Crippen LogP contribution in [-0.2, 0) is 12.8 Å². The Morgan fingerprint density at radius 2 is 1.92 bits per heavy atom. The van der Waals surface area contributed by atoms with Crippen molar-refractivity contribution in [1.29, 1.82) is 0 Å². The molecule has 1 heterocycles. The molecule has 0 radical (unpaired) electrons. The predicted molar refractivity (Wildman–Crippen MR) is 49.4 cm³/mol. The molecule has 2 rings (SSSR count). The fourth-order valence-corrected chi connectivity index (χ4v) is 2.76. The van der Waals surface area contributed by atoms with Crippen LogP contribution in [0.15, 0.2) is 0 Å². The first-order chi connectivity index (χ1) is 6.20. The van der Waals surface area contributed by atoms with E-state index >= 15 is 0 Å². The van der Waals surface area contributed by atoms with Gasteiger partial charge in [0.2, 0.25) is 0 Å². The minimum Gasteiger partial charge on any atom is -0.365 e. The summed E-state index contributed by atoms with van der Waals surface area (Å²) in [7, 11) is 0. The third kappa shape index (κ3) is 1.35. The number of hydrogen-bond donors (Lipinski definition) is 1. The summed E-state index contributed by atoms with van der Waals surface area (Å²) in [5.41, 5.74) is 6.75. The second kappa shape index (κ2) is 3.10. The quantitative estimate of drug-likeness (QED) is 0.737. The van der Waals surface area contributed by atoms with E-state index in [1.165, 1.54) is 0 Å². The van der Waals surface area contributed by atoms with E-state index < -0.39 is 5.91 Å². The maximum atomic E-state index is 13.3. The molecule has 0 unspecified atom stereocenters. The third-order valence-corrected chi connectivity index (χ3v) is 3.47. The Labute approximate surface area is 79.6 Å². The Morgan fingerprint density at radius 3 is 2.54 bits per heavy atom. The summed E-state index contributed by atoms with van der Waals surface area (Å²) in [6.45, 7) is 0. The number of amides is 1. The molecule has 0 saturated carbocycles. The first kappa shape index (κ1) is 8.69. The van der Waals surface area contributed by atoms with E-state index in [4.69, 9.17) is 5.73 Å². The Kier molecular flexibility index (Phi) is 2.07. The van der Waals surface area contributed by atoms with Crippen molar-refractivity contribution in [2.45, 2.75) is 25.7 Å². The van der Waals surface area contributed by atoms with Gasteiger partial charge < -0.3 is 5.73 Å². The molecule has 0 aromatic carbocycles. The highest BCUT2D eigenvalue weighted by atomic mass is 32.1. The maximum absolute atomic E-state index is 13.3. The fourth-order valence-electron chi connectivity index (χ4n) is 1.78. The second-order valence-electron chi connectivity index (χ2n) is 3.23. The smallest absolute Gasteiger partial charge is 0.259 e. The van der Waals surface area contributed by atoms with Gasteiger partial charge in [0.05, 0.1) is 4.88 Å². The number of halogens is 1. The highest BCUT2D eigenvalue weighted by Crippen LogP contribution is 2.32. The van der Waals surface area contributed by atoms with Gasteiger partial charge in [-0.05, 0) is 31.2 Å². The molecule has 2 N–H and O–H groups in total. The van der Waals surface area contributed by atoms with Crippen molar-refractivity contribution in [1.82, 2.24) is 0 Å². The lowest BCUT2D eigenvalue weighted by Crippen LogP contribution is -2.13. The van der Waals surface area contributed by atoms with Gasteiger partial charge in [-0.15, -0.1) is 11.3 Å². The molecule has 0 atom stereocenters. The van der Waals surface area contributed by atoms with E-state index in [0.29, 0.717) is 4.88 Å². The van der Waals surface area contributed by atoms with Gasteiger partial charge in [-0.3, -0.25) is 4.79 Å². The number of thiophene rings is 1. The van der Waals surface area contributed by atoms with Gasteiger partial charge in [-0.2, -0.15) is 4.39 Å². The van der Waals surface area contributed by atoms with Crippen LogP contribution >= 0.6 is 11.3 Å². The first-order valence-corrected chi connectivity index (χ1v) is 5.11. The first-order valence-electron chi connectivity index (χ1n) is 4.30. The van der Waals surface area contributed by atoms with E-state index in [-0.39, 0.29) is 5.13 Å². The number of rotatable bonds is 1. The molecule has 1 aliphatic rings. The van der Waals surface area contributed by atoms with Crippen LogP contribution < -0.4 is 5.73 Å². The molecule has 2 nitrogen and oxygen atoms in total. The van der Waals surface area contributed by atoms with Crippen molar-refractivity contribution in [2.24, 2.45) is 5.73 Å². The topological polar surface area (TPSA) is 43.1 Å². The van der Waals surface area contributed by atoms with Crippen LogP contribution in [0.25, 0.3) is 0 Å². The molecular weight excluding hydrogens is 189 g/mol. The van der Waals surface area contributed by atoms with E-state index in [1.54, 1.807) is 0 Å². The monoisotopic (exact) mass is 199 g/mol. The molecule has 0 aliphatic heterocycles. The molecule has 1 amide bonds. The van der Waals surface area contributed by atoms with Gasteiger partial charge in [0.1, 0.15) is 0 Å². The maximum Gasteiger partial charge on any atom is 0.259 e. The van der Waals surface area contributed by atoms with E-state index in [0.717, 1.165) is 48.1 Å². The molecule has 1 aliphatic carbocycles. The molecular formula is C9H10FNOS. The zero-order valence-corrected chi connectivity index (χ0v) is 7.92. The van der Waals surface area contributed by atoms with Crippen molar-refractivity contribution in [3.63, 3.8) is 0 Å². The minimum atomic E-state index is -0.493. The highest BCUT2D eigenvalue weighted by Gasteiger charge is 2.23. The van der Waals surface area contributed by atoms with E-state index in [9.17, 15) is 9.18 Å². The Bertz CT molecular complexity index is 359. The minimum absolute atomic E-state index is 0.219. The summed E-state index contributed by atoms with van der Waals surface area (Å²) < 4.78 is 13.3. The summed E-state index contributed by atoms with van der Waals surface area (Å²) in [6, 6.07) is 0. The summed E-state index contributed by atoms with van der Waals surface area (Å²) in [6.07, 6.45) is 3.60. The van der Waals surface area contributed by atoms with Gasteiger partial charge in [-0.1, -0.05) is 0 Å². The summed E-state index contributed by atoms with van der Waals surface area (Å²) in [5.74, 6) is -0.493. The zero-order chi connectivity index (χ0) is 9.42. The number of carbonyl (C=O) groups is 1. The number of carbonyl (C=O) groups excluding carboxylic acids is 1. The van der Waals surface area contributed by atoms with Gasteiger partial charge in [0, 0.05) is 5.56 Å². The van der Waals surface area contributed by atoms with Crippen LogP contribution in [0, 0.1) is 5.13 Å². The van der Waals surface area contributed by atoms with E-state index in [2.05, 4.69) is 0 Å². The Hall–Kier alpha value is -0.900. The molecule has 0 fully saturated rings. The predicted octanol–water partition coefficient (Wildman–Crippen LogP) is 1.86. The number of primary amides is 1. The second-order valence-corrected chi connectivity index (χ2v) is 4.20. The lowest BCUT2D eigenvalue weighted by Gasteiger charge is -2.11. The van der Waals surface area contributed by atoms with Crippen molar-refractivity contribution in [2.75, 3.05) is 0 Å². The Morgan fingerprint density at radius 1 is 1.31 bits per heavy atom. The molecule has 0 spiro atoms. The molecule has 13 heavy (non-hydrogen) atoms. The lowest BCUT2D eigenvalue weighted by molar-refractivity contribution is 0.100. The van der Waals surface area contributed by atoms with Crippen LogP contribution in [0.3, 0.4) is 0 Å². The molecule has 4 heteroatoms. The molecule has 1 aromatic heterocycles.